The second kappa shape index (κ2) is 8.09. The minimum absolute atomic E-state index is 0.194. The lowest BCUT2D eigenvalue weighted by Gasteiger charge is -2.36. The van der Waals surface area contributed by atoms with E-state index < -0.39 is 11.3 Å². The number of primary amides is 1. The van der Waals surface area contributed by atoms with Gasteiger partial charge in [-0.3, -0.25) is 16.0 Å². The molecule has 0 spiro atoms. The molecule has 0 saturated heterocycles. The van der Waals surface area contributed by atoms with Gasteiger partial charge >= 0.3 is 0 Å². The van der Waals surface area contributed by atoms with Crippen molar-refractivity contribution in [3.8, 4) is 0 Å². The van der Waals surface area contributed by atoms with E-state index in [0.717, 1.165) is 47.1 Å². The molecule has 3 rings (SSSR count). The van der Waals surface area contributed by atoms with Crippen molar-refractivity contribution < 1.29 is 9.53 Å². The summed E-state index contributed by atoms with van der Waals surface area (Å²) in [7, 11) is 1.54. The number of carbonyl (C=O) groups excluding carboxylic acids is 1. The van der Waals surface area contributed by atoms with E-state index in [4.69, 9.17) is 21.7 Å². The summed E-state index contributed by atoms with van der Waals surface area (Å²) in [5.41, 5.74) is 13.6. The predicted molar refractivity (Wildman–Crippen MR) is 116 cm³/mol. The number of carbonyl (C=O) groups is 1. The zero-order chi connectivity index (χ0) is 21.2. The Morgan fingerprint density at radius 1 is 1.17 bits per heavy atom. The van der Waals surface area contributed by atoms with Crippen molar-refractivity contribution in [2.75, 3.05) is 7.11 Å². The van der Waals surface area contributed by atoms with Gasteiger partial charge in [-0.15, -0.1) is 0 Å². The van der Waals surface area contributed by atoms with Gasteiger partial charge in [0.25, 0.3) is 0 Å². The Bertz CT molecular complexity index is 983. The lowest BCUT2D eigenvalue weighted by Crippen LogP contribution is -2.39. The SMILES string of the molecule is C=C(NN)c1ccc2c(c1)CCc1cc(C(N)=O)ccc1C2(CCC)C(=N)OC. The monoisotopic (exact) mass is 392 g/mol. The minimum Gasteiger partial charge on any atom is -0.484 e. The van der Waals surface area contributed by atoms with Crippen molar-refractivity contribution >= 4 is 17.5 Å². The number of hydrogen-bond acceptors (Lipinski definition) is 5. The van der Waals surface area contributed by atoms with E-state index in [1.165, 1.54) is 7.11 Å². The van der Waals surface area contributed by atoms with Gasteiger partial charge in [-0.1, -0.05) is 38.1 Å². The van der Waals surface area contributed by atoms with Crippen molar-refractivity contribution in [3.63, 3.8) is 0 Å². The molecule has 2 aromatic rings. The highest BCUT2D eigenvalue weighted by Gasteiger charge is 2.44. The van der Waals surface area contributed by atoms with Crippen molar-refractivity contribution in [2.45, 2.75) is 38.0 Å². The molecule has 1 aliphatic carbocycles. The molecule has 0 aliphatic heterocycles. The van der Waals surface area contributed by atoms with Crippen LogP contribution < -0.4 is 17.0 Å². The van der Waals surface area contributed by atoms with Gasteiger partial charge in [-0.25, -0.2) is 0 Å². The van der Waals surface area contributed by atoms with Crippen LogP contribution in [0.2, 0.25) is 0 Å². The molecule has 1 atom stereocenters. The Morgan fingerprint density at radius 2 is 1.72 bits per heavy atom. The van der Waals surface area contributed by atoms with Crippen LogP contribution in [0.5, 0.6) is 0 Å². The average Bonchev–Trinajstić information content (AvgIpc) is 2.87. The van der Waals surface area contributed by atoms with Crippen LogP contribution in [0.3, 0.4) is 0 Å². The Hall–Kier alpha value is -3.12. The molecule has 2 aromatic carbocycles. The normalized spacial score (nSPS) is 17.5. The zero-order valence-corrected chi connectivity index (χ0v) is 17.0. The minimum atomic E-state index is -0.725. The molecule has 1 aliphatic rings. The van der Waals surface area contributed by atoms with E-state index in [-0.39, 0.29) is 5.90 Å². The molecule has 152 valence electrons. The van der Waals surface area contributed by atoms with Crippen LogP contribution in [-0.4, -0.2) is 18.9 Å². The van der Waals surface area contributed by atoms with Crippen molar-refractivity contribution in [3.05, 3.63) is 76.4 Å². The van der Waals surface area contributed by atoms with Crippen molar-refractivity contribution in [1.82, 2.24) is 5.43 Å². The maximum absolute atomic E-state index is 11.7. The molecular weight excluding hydrogens is 364 g/mol. The summed E-state index contributed by atoms with van der Waals surface area (Å²) in [5, 5.41) is 8.79. The lowest BCUT2D eigenvalue weighted by molar-refractivity contribution is 0.1000. The molecule has 0 fully saturated rings. The number of hydrogen-bond donors (Lipinski definition) is 4. The van der Waals surface area contributed by atoms with Crippen molar-refractivity contribution in [2.24, 2.45) is 11.6 Å². The summed E-state index contributed by atoms with van der Waals surface area (Å²) in [6.07, 6.45) is 3.07. The lowest BCUT2D eigenvalue weighted by atomic mass is 9.69. The van der Waals surface area contributed by atoms with E-state index in [2.05, 4.69) is 25.0 Å². The fraction of sp³-hybridized carbons (Fsp3) is 0.304. The Kier molecular flexibility index (Phi) is 5.75. The molecule has 0 heterocycles. The maximum atomic E-state index is 11.7. The van der Waals surface area contributed by atoms with E-state index in [1.807, 2.05) is 24.3 Å². The first kappa shape index (κ1) is 20.6. The van der Waals surface area contributed by atoms with Crippen LogP contribution in [0.15, 0.2) is 43.0 Å². The molecule has 0 aromatic heterocycles. The number of nitrogens with one attached hydrogen (secondary N) is 2. The Labute approximate surface area is 171 Å². The second-order valence-corrected chi connectivity index (χ2v) is 7.42. The smallest absolute Gasteiger partial charge is 0.248 e. The third kappa shape index (κ3) is 3.40. The third-order valence-corrected chi connectivity index (χ3v) is 5.82. The van der Waals surface area contributed by atoms with Gasteiger partial charge in [0.05, 0.1) is 12.5 Å². The highest BCUT2D eigenvalue weighted by Crippen LogP contribution is 2.44. The summed E-state index contributed by atoms with van der Waals surface area (Å²) >= 11 is 0. The number of aryl methyl sites for hydroxylation is 2. The summed E-state index contributed by atoms with van der Waals surface area (Å²) in [6, 6.07) is 11.6. The second-order valence-electron chi connectivity index (χ2n) is 7.42. The predicted octanol–water partition coefficient (Wildman–Crippen LogP) is 3.03. The largest absolute Gasteiger partial charge is 0.484 e. The number of fused-ring (bicyclic) bond motifs is 2. The zero-order valence-electron chi connectivity index (χ0n) is 17.0. The van der Waals surface area contributed by atoms with Gasteiger partial charge in [0.2, 0.25) is 5.91 Å². The molecule has 1 unspecified atom stereocenters. The Balaban J connectivity index is 2.32. The van der Waals surface area contributed by atoms with E-state index in [9.17, 15) is 4.79 Å². The number of amides is 1. The van der Waals surface area contributed by atoms with E-state index >= 15 is 0 Å². The molecule has 0 bridgehead atoms. The number of nitrogens with two attached hydrogens (primary N) is 2. The topological polar surface area (TPSA) is 114 Å². The highest BCUT2D eigenvalue weighted by molar-refractivity contribution is 5.95. The summed E-state index contributed by atoms with van der Waals surface area (Å²) in [6.45, 7) is 6.05. The molecule has 6 heteroatoms. The van der Waals surface area contributed by atoms with Crippen molar-refractivity contribution in [1.29, 1.82) is 5.41 Å². The summed E-state index contributed by atoms with van der Waals surface area (Å²) in [5.74, 6) is 5.29. The fourth-order valence-electron chi connectivity index (χ4n) is 4.45. The van der Waals surface area contributed by atoms with Crippen LogP contribution in [-0.2, 0) is 23.0 Å². The molecule has 29 heavy (non-hydrogen) atoms. The van der Waals surface area contributed by atoms with E-state index in [1.54, 1.807) is 6.07 Å². The standard InChI is InChI=1S/C23H28N4O2/c1-4-11-23(22(25)29-3)19-9-7-15(14(2)27-26)12-16(19)5-6-17-13-18(21(24)28)8-10-20(17)23/h7-10,12-13,25,27H,2,4-6,11,26H2,1,3H3,(H2,24,28). The van der Waals surface area contributed by atoms with Crippen LogP contribution in [0.25, 0.3) is 5.70 Å². The van der Waals surface area contributed by atoms with Gasteiger partial charge in [0, 0.05) is 11.3 Å². The molecule has 6 nitrogen and oxygen atoms in total. The van der Waals surface area contributed by atoms with Gasteiger partial charge < -0.3 is 15.9 Å². The number of ether oxygens (including phenoxy) is 1. The molecule has 1 amide bonds. The maximum Gasteiger partial charge on any atom is 0.248 e. The first-order valence-electron chi connectivity index (χ1n) is 9.74. The van der Waals surface area contributed by atoms with Crippen LogP contribution in [0, 0.1) is 5.41 Å². The highest BCUT2D eigenvalue weighted by atomic mass is 16.5. The van der Waals surface area contributed by atoms with Crippen LogP contribution in [0.4, 0.5) is 0 Å². The van der Waals surface area contributed by atoms with Gasteiger partial charge in [-0.05, 0) is 65.3 Å². The number of rotatable bonds is 6. The molecule has 0 saturated carbocycles. The van der Waals surface area contributed by atoms with E-state index in [0.29, 0.717) is 17.7 Å². The average molecular weight is 393 g/mol. The number of methoxy groups -OCH3 is 1. The fourth-order valence-corrected chi connectivity index (χ4v) is 4.45. The third-order valence-electron chi connectivity index (χ3n) is 5.82. The van der Waals surface area contributed by atoms with Crippen LogP contribution >= 0.6 is 0 Å². The van der Waals surface area contributed by atoms with Gasteiger partial charge in [0.1, 0.15) is 0 Å². The first-order valence-corrected chi connectivity index (χ1v) is 9.74. The molecular formula is C23H28N4O2. The molecule has 6 N–H and O–H groups in total. The van der Waals surface area contributed by atoms with Gasteiger partial charge in [-0.2, -0.15) is 0 Å². The van der Waals surface area contributed by atoms with Crippen LogP contribution in [0.1, 0.15) is 57.9 Å². The molecule has 0 radical (unpaired) electrons. The summed E-state index contributed by atoms with van der Waals surface area (Å²) < 4.78 is 5.53. The Morgan fingerprint density at radius 3 is 2.21 bits per heavy atom. The number of hydrazine groups is 1. The van der Waals surface area contributed by atoms with Gasteiger partial charge in [0.15, 0.2) is 5.90 Å². The quantitative estimate of drug-likeness (QED) is 0.262. The number of benzene rings is 2. The first-order chi connectivity index (χ1) is 13.9. The summed E-state index contributed by atoms with van der Waals surface area (Å²) in [4.78, 5) is 11.7.